The van der Waals surface area contributed by atoms with E-state index in [1.807, 2.05) is 0 Å². The van der Waals surface area contributed by atoms with Crippen LogP contribution in [0.15, 0.2) is 0 Å². The molecule has 6 nitrogen and oxygen atoms in total. The molecule has 0 aromatic carbocycles. The minimum atomic E-state index is -0.763. The maximum absolute atomic E-state index is 12.9. The van der Waals surface area contributed by atoms with E-state index in [0.717, 1.165) is 63.7 Å². The van der Waals surface area contributed by atoms with Crippen LogP contribution in [0.25, 0.3) is 0 Å². The second-order valence-corrected chi connectivity index (χ2v) is 22.9. The topological polar surface area (TPSA) is 78.9 Å². The van der Waals surface area contributed by atoms with Crippen LogP contribution in [0.3, 0.4) is 0 Å². The molecule has 0 rings (SSSR count). The fraction of sp³-hybridized carbons (Fsp3) is 0.954. The van der Waals surface area contributed by atoms with Crippen LogP contribution >= 0.6 is 0 Å². The van der Waals surface area contributed by atoms with Gasteiger partial charge in [-0.2, -0.15) is 0 Å². The van der Waals surface area contributed by atoms with Gasteiger partial charge in [-0.15, -0.1) is 0 Å². The second kappa shape index (κ2) is 59.3. The molecular weight excluding hydrogens is 877 g/mol. The minimum absolute atomic E-state index is 0.0611. The van der Waals surface area contributed by atoms with Crippen molar-refractivity contribution in [2.45, 2.75) is 381 Å². The molecule has 0 radical (unpaired) electrons. The minimum Gasteiger partial charge on any atom is -0.462 e. The largest absolute Gasteiger partial charge is 0.462 e. The monoisotopic (exact) mass is 1000 g/mol. The van der Waals surface area contributed by atoms with Crippen LogP contribution in [0.2, 0.25) is 0 Å². The van der Waals surface area contributed by atoms with Gasteiger partial charge in [0.1, 0.15) is 13.2 Å². The zero-order valence-corrected chi connectivity index (χ0v) is 48.7. The van der Waals surface area contributed by atoms with Crippen LogP contribution in [0.4, 0.5) is 0 Å². The molecule has 0 heterocycles. The maximum atomic E-state index is 12.9. The molecule has 0 aliphatic carbocycles. The normalized spacial score (nSPS) is 12.0. The number of ether oxygens (including phenoxy) is 3. The Labute approximate surface area is 444 Å². The summed E-state index contributed by atoms with van der Waals surface area (Å²) in [4.78, 5) is 38.3. The molecule has 0 spiro atoms. The molecule has 0 fully saturated rings. The first-order valence-corrected chi connectivity index (χ1v) is 32.4. The van der Waals surface area contributed by atoms with Crippen molar-refractivity contribution in [3.8, 4) is 0 Å². The fourth-order valence-electron chi connectivity index (χ4n) is 10.2. The van der Waals surface area contributed by atoms with Gasteiger partial charge >= 0.3 is 17.9 Å². The maximum Gasteiger partial charge on any atom is 0.306 e. The van der Waals surface area contributed by atoms with Crippen LogP contribution in [0.1, 0.15) is 374 Å². The van der Waals surface area contributed by atoms with Gasteiger partial charge in [-0.25, -0.2) is 0 Å². The van der Waals surface area contributed by atoms with Crippen LogP contribution in [-0.4, -0.2) is 37.2 Å². The number of carbonyl (C=O) groups is 3. The van der Waals surface area contributed by atoms with Gasteiger partial charge in [0.05, 0.1) is 0 Å². The van der Waals surface area contributed by atoms with Crippen LogP contribution in [-0.2, 0) is 28.6 Å². The molecule has 0 bridgehead atoms. The van der Waals surface area contributed by atoms with Gasteiger partial charge in [-0.3, -0.25) is 14.4 Å². The molecular formula is C65H126O6. The van der Waals surface area contributed by atoms with Gasteiger partial charge in [0.15, 0.2) is 6.10 Å². The highest BCUT2D eigenvalue weighted by Gasteiger charge is 2.19. The zero-order chi connectivity index (χ0) is 51.6. The molecule has 0 saturated carbocycles. The van der Waals surface area contributed by atoms with Crippen molar-refractivity contribution in [3.05, 3.63) is 0 Å². The Morgan fingerprint density at radius 2 is 0.465 bits per heavy atom. The van der Waals surface area contributed by atoms with Crippen molar-refractivity contribution in [1.82, 2.24) is 0 Å². The number of esters is 3. The van der Waals surface area contributed by atoms with Crippen LogP contribution in [0.5, 0.6) is 0 Å². The quantitative estimate of drug-likeness (QED) is 0.0343. The molecule has 0 unspecified atom stereocenters. The highest BCUT2D eigenvalue weighted by molar-refractivity contribution is 5.71. The van der Waals surface area contributed by atoms with Crippen molar-refractivity contribution in [2.24, 2.45) is 5.92 Å². The Morgan fingerprint density at radius 1 is 0.268 bits per heavy atom. The molecule has 0 amide bonds. The summed E-state index contributed by atoms with van der Waals surface area (Å²) in [6.07, 6.45) is 66.8. The number of hydrogen-bond acceptors (Lipinski definition) is 6. The van der Waals surface area contributed by atoms with Gasteiger partial charge in [0.25, 0.3) is 0 Å². The average molecular weight is 1000 g/mol. The number of rotatable bonds is 60. The molecule has 0 aromatic rings. The lowest BCUT2D eigenvalue weighted by atomic mass is 10.0. The summed E-state index contributed by atoms with van der Waals surface area (Å²) in [5, 5.41) is 0. The predicted octanol–water partition coefficient (Wildman–Crippen LogP) is 21.7. The third-order valence-corrected chi connectivity index (χ3v) is 15.0. The van der Waals surface area contributed by atoms with Gasteiger partial charge in [-0.05, 0) is 25.2 Å². The molecule has 0 aliphatic heterocycles. The van der Waals surface area contributed by atoms with Gasteiger partial charge < -0.3 is 14.2 Å². The highest BCUT2D eigenvalue weighted by Crippen LogP contribution is 2.19. The molecule has 0 aromatic heterocycles. The Morgan fingerprint density at radius 3 is 0.690 bits per heavy atom. The Balaban J connectivity index is 4.28. The van der Waals surface area contributed by atoms with E-state index in [1.165, 1.54) is 270 Å². The molecule has 422 valence electrons. The van der Waals surface area contributed by atoms with E-state index < -0.39 is 6.10 Å². The molecule has 1 atom stereocenters. The van der Waals surface area contributed by atoms with Crippen molar-refractivity contribution < 1.29 is 28.6 Å². The Kier molecular flexibility index (Phi) is 58.0. The van der Waals surface area contributed by atoms with E-state index in [2.05, 4.69) is 27.7 Å². The van der Waals surface area contributed by atoms with Gasteiger partial charge in [0, 0.05) is 19.3 Å². The van der Waals surface area contributed by atoms with Crippen molar-refractivity contribution in [2.75, 3.05) is 13.2 Å². The molecule has 6 heteroatoms. The predicted molar refractivity (Wildman–Crippen MR) is 307 cm³/mol. The summed E-state index contributed by atoms with van der Waals surface area (Å²) in [5.74, 6) is 0.0128. The molecule has 0 saturated heterocycles. The summed E-state index contributed by atoms with van der Waals surface area (Å²) < 4.78 is 17.0. The summed E-state index contributed by atoms with van der Waals surface area (Å²) in [7, 11) is 0. The first-order chi connectivity index (χ1) is 34.9. The standard InChI is InChI=1S/C65H126O6/c1-5-7-9-11-13-15-17-19-21-23-25-27-29-33-38-42-46-50-54-58-65(68)71-62(60-70-64(67)57-53-49-45-41-37-34-30-31-35-39-43-47-51-55-61(3)4)59-69-63(66)56-52-48-44-40-36-32-28-26-24-22-20-18-16-14-12-10-8-6-2/h61-62H,5-60H2,1-4H3/t62-/m1/s1. The molecule has 0 aliphatic rings. The summed E-state index contributed by atoms with van der Waals surface area (Å²) in [5.41, 5.74) is 0. The lowest BCUT2D eigenvalue weighted by Crippen LogP contribution is -2.30. The number of unbranched alkanes of at least 4 members (excludes halogenated alkanes) is 47. The Hall–Kier alpha value is -1.59. The SMILES string of the molecule is CCCCCCCCCCCCCCCCCCCCCC(=O)O[C@H](COC(=O)CCCCCCCCCCCCCCCCCCCC)COC(=O)CCCCCCCCCCCCCCCC(C)C. The van der Waals surface area contributed by atoms with Crippen LogP contribution < -0.4 is 0 Å². The summed E-state index contributed by atoms with van der Waals surface area (Å²) >= 11 is 0. The van der Waals surface area contributed by atoms with Crippen molar-refractivity contribution in [3.63, 3.8) is 0 Å². The third-order valence-electron chi connectivity index (χ3n) is 15.0. The second-order valence-electron chi connectivity index (χ2n) is 22.9. The van der Waals surface area contributed by atoms with Crippen molar-refractivity contribution in [1.29, 1.82) is 0 Å². The number of carbonyl (C=O) groups excluding carboxylic acids is 3. The van der Waals surface area contributed by atoms with E-state index in [9.17, 15) is 14.4 Å². The van der Waals surface area contributed by atoms with Gasteiger partial charge in [0.2, 0.25) is 0 Å². The first kappa shape index (κ1) is 69.4. The van der Waals surface area contributed by atoms with E-state index in [0.29, 0.717) is 19.3 Å². The summed E-state index contributed by atoms with van der Waals surface area (Å²) in [6.45, 7) is 9.09. The zero-order valence-electron chi connectivity index (χ0n) is 48.7. The van der Waals surface area contributed by atoms with E-state index in [1.54, 1.807) is 0 Å². The molecule has 0 N–H and O–H groups in total. The van der Waals surface area contributed by atoms with Crippen LogP contribution in [0, 0.1) is 5.92 Å². The van der Waals surface area contributed by atoms with E-state index in [-0.39, 0.29) is 31.1 Å². The molecule has 71 heavy (non-hydrogen) atoms. The fourth-order valence-corrected chi connectivity index (χ4v) is 10.2. The summed E-state index contributed by atoms with van der Waals surface area (Å²) in [6, 6.07) is 0. The average Bonchev–Trinajstić information content (AvgIpc) is 3.36. The Bertz CT molecular complexity index is 1070. The third kappa shape index (κ3) is 59.2. The lowest BCUT2D eigenvalue weighted by Gasteiger charge is -2.18. The van der Waals surface area contributed by atoms with E-state index >= 15 is 0 Å². The number of hydrogen-bond donors (Lipinski definition) is 0. The lowest BCUT2D eigenvalue weighted by molar-refractivity contribution is -0.167. The smallest absolute Gasteiger partial charge is 0.306 e. The van der Waals surface area contributed by atoms with Crippen molar-refractivity contribution >= 4 is 17.9 Å². The van der Waals surface area contributed by atoms with Gasteiger partial charge in [-0.1, -0.05) is 336 Å². The first-order valence-electron chi connectivity index (χ1n) is 32.4. The highest BCUT2D eigenvalue weighted by atomic mass is 16.6. The van der Waals surface area contributed by atoms with E-state index in [4.69, 9.17) is 14.2 Å².